The van der Waals surface area contributed by atoms with E-state index in [9.17, 15) is 19.5 Å². The van der Waals surface area contributed by atoms with E-state index in [-0.39, 0.29) is 35.5 Å². The van der Waals surface area contributed by atoms with Gasteiger partial charge in [0, 0.05) is 31.9 Å². The summed E-state index contributed by atoms with van der Waals surface area (Å²) in [7, 11) is 1.74. The van der Waals surface area contributed by atoms with Crippen molar-refractivity contribution in [3.05, 3.63) is 97.1 Å². The zero-order valence-corrected chi connectivity index (χ0v) is 24.6. The molecule has 8 heteroatoms. The van der Waals surface area contributed by atoms with Crippen LogP contribution in [0.15, 0.2) is 86.0 Å². The molecule has 0 aliphatic carbocycles. The molecule has 3 heterocycles. The molecule has 7 atom stereocenters. The van der Waals surface area contributed by atoms with Gasteiger partial charge in [-0.25, -0.2) is 0 Å². The third-order valence-electron chi connectivity index (χ3n) is 9.05. The number of hydrogen-bond acceptors (Lipinski definition) is 5. The summed E-state index contributed by atoms with van der Waals surface area (Å²) in [6.45, 7) is 10.5. The Morgan fingerprint density at radius 2 is 1.71 bits per heavy atom. The van der Waals surface area contributed by atoms with E-state index in [1.165, 1.54) is 0 Å². The Bertz CT molecular complexity index is 1300. The SMILES string of the molecule is C=CCN(C)C(=O)[C@@H]1[C@H]2C(=O)N([C@H](CO)c3ccccc3)C(C(=O)N(CC=C)Cc3ccccc3)C23S[C@@H]1CC3C. The molecule has 3 amide bonds. The van der Waals surface area contributed by atoms with Crippen LogP contribution in [0.5, 0.6) is 0 Å². The summed E-state index contributed by atoms with van der Waals surface area (Å²) in [4.78, 5) is 48.3. The van der Waals surface area contributed by atoms with Gasteiger partial charge in [-0.1, -0.05) is 79.7 Å². The van der Waals surface area contributed by atoms with Crippen LogP contribution in [0.4, 0.5) is 0 Å². The monoisotopic (exact) mass is 573 g/mol. The molecule has 3 aliphatic heterocycles. The molecular formula is C33H39N3O4S. The summed E-state index contributed by atoms with van der Waals surface area (Å²) in [6, 6.07) is 17.6. The largest absolute Gasteiger partial charge is 0.394 e. The topological polar surface area (TPSA) is 81.2 Å². The van der Waals surface area contributed by atoms with Crippen LogP contribution in [0, 0.1) is 17.8 Å². The number of thioether (sulfide) groups is 1. The van der Waals surface area contributed by atoms with Crippen LogP contribution in [0.1, 0.15) is 30.5 Å². The van der Waals surface area contributed by atoms with Gasteiger partial charge < -0.3 is 19.8 Å². The Kier molecular flexibility index (Phi) is 8.43. The maximum Gasteiger partial charge on any atom is 0.247 e. The highest BCUT2D eigenvalue weighted by Gasteiger charge is 2.77. The number of hydrogen-bond donors (Lipinski definition) is 1. The van der Waals surface area contributed by atoms with Crippen LogP contribution < -0.4 is 0 Å². The summed E-state index contributed by atoms with van der Waals surface area (Å²) in [5.41, 5.74) is 1.74. The normalized spacial score (nSPS) is 28.7. The fourth-order valence-corrected chi connectivity index (χ4v) is 9.68. The molecule has 216 valence electrons. The van der Waals surface area contributed by atoms with Crippen molar-refractivity contribution < 1.29 is 19.5 Å². The van der Waals surface area contributed by atoms with Gasteiger partial charge in [-0.3, -0.25) is 14.4 Å². The molecule has 0 radical (unpaired) electrons. The predicted octanol–water partition coefficient (Wildman–Crippen LogP) is 3.92. The van der Waals surface area contributed by atoms with Gasteiger partial charge in [-0.05, 0) is 23.5 Å². The Balaban J connectivity index is 1.63. The number of aliphatic hydroxyl groups excluding tert-OH is 1. The number of carbonyl (C=O) groups excluding carboxylic acids is 3. The van der Waals surface area contributed by atoms with Crippen molar-refractivity contribution in [2.75, 3.05) is 26.7 Å². The van der Waals surface area contributed by atoms with Crippen LogP contribution in [0.3, 0.4) is 0 Å². The van der Waals surface area contributed by atoms with Gasteiger partial charge in [0.1, 0.15) is 6.04 Å². The second kappa shape index (κ2) is 11.9. The molecule has 0 aromatic heterocycles. The first-order valence-electron chi connectivity index (χ1n) is 14.2. The van der Waals surface area contributed by atoms with Gasteiger partial charge in [-0.15, -0.1) is 24.9 Å². The average Bonchev–Trinajstić information content (AvgIpc) is 3.57. The van der Waals surface area contributed by atoms with Crippen LogP contribution in [0.25, 0.3) is 0 Å². The third kappa shape index (κ3) is 4.81. The quantitative estimate of drug-likeness (QED) is 0.413. The lowest BCUT2D eigenvalue weighted by Gasteiger charge is -2.42. The van der Waals surface area contributed by atoms with Gasteiger partial charge in [0.2, 0.25) is 17.7 Å². The third-order valence-corrected chi connectivity index (χ3v) is 11.1. The molecule has 7 nitrogen and oxygen atoms in total. The van der Waals surface area contributed by atoms with E-state index in [1.807, 2.05) is 60.7 Å². The zero-order valence-electron chi connectivity index (χ0n) is 23.8. The van der Waals surface area contributed by atoms with Gasteiger partial charge in [0.25, 0.3) is 0 Å². The van der Waals surface area contributed by atoms with Gasteiger partial charge in [0.05, 0.1) is 29.2 Å². The van der Waals surface area contributed by atoms with E-state index in [0.29, 0.717) is 19.6 Å². The highest BCUT2D eigenvalue weighted by Crippen LogP contribution is 2.69. The van der Waals surface area contributed by atoms with Crippen LogP contribution in [-0.4, -0.2) is 80.3 Å². The van der Waals surface area contributed by atoms with Crippen molar-refractivity contribution in [1.82, 2.24) is 14.7 Å². The lowest BCUT2D eigenvalue weighted by molar-refractivity contribution is -0.147. The molecule has 1 spiro atoms. The number of rotatable bonds is 11. The van der Waals surface area contributed by atoms with E-state index >= 15 is 0 Å². The second-order valence-electron chi connectivity index (χ2n) is 11.4. The highest BCUT2D eigenvalue weighted by molar-refractivity contribution is 8.02. The molecule has 2 aromatic carbocycles. The first kappa shape index (κ1) is 29.1. The number of aliphatic hydroxyl groups is 1. The van der Waals surface area contributed by atoms with E-state index in [4.69, 9.17) is 0 Å². The number of nitrogens with zero attached hydrogens (tertiary/aromatic N) is 3. The maximum absolute atomic E-state index is 14.8. The van der Waals surface area contributed by atoms with Crippen molar-refractivity contribution >= 4 is 29.5 Å². The first-order chi connectivity index (χ1) is 19.8. The smallest absolute Gasteiger partial charge is 0.247 e. The van der Waals surface area contributed by atoms with Gasteiger partial charge >= 0.3 is 0 Å². The Morgan fingerprint density at radius 3 is 2.32 bits per heavy atom. The molecule has 3 aliphatic rings. The number of likely N-dealkylation sites (tertiary alicyclic amines) is 1. The predicted molar refractivity (Wildman–Crippen MR) is 162 cm³/mol. The van der Waals surface area contributed by atoms with E-state index < -0.39 is 28.7 Å². The van der Waals surface area contributed by atoms with Crippen molar-refractivity contribution in [3.8, 4) is 0 Å². The number of carbonyl (C=O) groups is 3. The van der Waals surface area contributed by atoms with E-state index in [0.717, 1.165) is 17.5 Å². The minimum absolute atomic E-state index is 0.0246. The molecule has 5 rings (SSSR count). The minimum Gasteiger partial charge on any atom is -0.394 e. The van der Waals surface area contributed by atoms with E-state index in [2.05, 4.69) is 20.1 Å². The number of amides is 3. The fourth-order valence-electron chi connectivity index (χ4n) is 7.29. The zero-order chi connectivity index (χ0) is 29.3. The average molecular weight is 574 g/mol. The number of fused-ring (bicyclic) bond motifs is 1. The highest BCUT2D eigenvalue weighted by atomic mass is 32.2. The van der Waals surface area contributed by atoms with Crippen molar-refractivity contribution in [2.24, 2.45) is 17.8 Å². The first-order valence-corrected chi connectivity index (χ1v) is 15.1. The molecule has 2 bridgehead atoms. The van der Waals surface area contributed by atoms with Gasteiger partial charge in [0.15, 0.2) is 0 Å². The van der Waals surface area contributed by atoms with Crippen LogP contribution in [-0.2, 0) is 20.9 Å². The number of likely N-dealkylation sites (N-methyl/N-ethyl adjacent to an activating group) is 1. The van der Waals surface area contributed by atoms with E-state index in [1.54, 1.807) is 45.7 Å². The molecule has 41 heavy (non-hydrogen) atoms. The summed E-state index contributed by atoms with van der Waals surface area (Å²) in [6.07, 6.45) is 4.14. The summed E-state index contributed by atoms with van der Waals surface area (Å²) in [5.74, 6) is -1.66. The Hall–Kier alpha value is -3.36. The summed E-state index contributed by atoms with van der Waals surface area (Å²) < 4.78 is -0.785. The van der Waals surface area contributed by atoms with Gasteiger partial charge in [-0.2, -0.15) is 0 Å². The molecule has 3 saturated heterocycles. The molecule has 3 unspecified atom stereocenters. The maximum atomic E-state index is 14.8. The molecule has 3 fully saturated rings. The Labute approximate surface area is 246 Å². The molecular weight excluding hydrogens is 534 g/mol. The van der Waals surface area contributed by atoms with Crippen molar-refractivity contribution in [1.29, 1.82) is 0 Å². The molecule has 1 N–H and O–H groups in total. The minimum atomic E-state index is -0.839. The summed E-state index contributed by atoms with van der Waals surface area (Å²) in [5, 5.41) is 10.7. The fraction of sp³-hybridized carbons (Fsp3) is 0.424. The lowest BCUT2D eigenvalue weighted by atomic mass is 9.65. The molecule has 0 saturated carbocycles. The van der Waals surface area contributed by atoms with Crippen LogP contribution in [0.2, 0.25) is 0 Å². The van der Waals surface area contributed by atoms with Crippen molar-refractivity contribution in [2.45, 2.75) is 42.0 Å². The second-order valence-corrected chi connectivity index (χ2v) is 13.0. The standard InChI is InChI=1S/C33H39N3O4S/c1-5-17-34(4)30(38)27-26-19-22(3)33(41-26)28(27)31(39)36(25(21-37)24-15-11-8-12-16-24)29(33)32(40)35(18-6-2)20-23-13-9-7-10-14-23/h5-16,22,25-29,37H,1-2,17-21H2,3-4H3/t22?,25-,26-,27+,28+,29?,33?/m1/s1. The number of benzene rings is 2. The Morgan fingerprint density at radius 1 is 1.07 bits per heavy atom. The molecule has 2 aromatic rings. The lowest BCUT2D eigenvalue weighted by Crippen LogP contribution is -2.57. The van der Waals surface area contributed by atoms with Crippen LogP contribution >= 0.6 is 11.8 Å². The summed E-state index contributed by atoms with van der Waals surface area (Å²) >= 11 is 1.65. The van der Waals surface area contributed by atoms with Crippen molar-refractivity contribution in [3.63, 3.8) is 0 Å².